The average Bonchev–Trinajstić information content (AvgIpc) is 2.84. The molecule has 1 aromatic rings. The smallest absolute Gasteiger partial charge is 0.380 e. The van der Waals surface area contributed by atoms with E-state index in [4.69, 9.17) is 19.3 Å². The van der Waals surface area contributed by atoms with Gasteiger partial charge >= 0.3 is 11.8 Å². The lowest BCUT2D eigenvalue weighted by atomic mass is 10.1. The van der Waals surface area contributed by atoms with Crippen molar-refractivity contribution in [2.75, 3.05) is 13.2 Å². The van der Waals surface area contributed by atoms with Crippen LogP contribution in [0.15, 0.2) is 41.9 Å². The summed E-state index contributed by atoms with van der Waals surface area (Å²) in [5.74, 6) is -4.69. The molecule has 8 nitrogen and oxygen atoms in total. The molecule has 0 aromatic heterocycles. The first-order valence-electron chi connectivity index (χ1n) is 7.36. The van der Waals surface area contributed by atoms with Gasteiger partial charge in [-0.15, -0.1) is 0 Å². The monoisotopic (exact) mass is 340 g/mol. The first-order valence-corrected chi connectivity index (χ1v) is 7.36. The van der Waals surface area contributed by atoms with Crippen LogP contribution >= 0.6 is 0 Å². The molecule has 1 heterocycles. The molecule has 1 unspecified atom stereocenters. The van der Waals surface area contributed by atoms with Crippen LogP contribution in [0.4, 0.5) is 0 Å². The maximum atomic E-state index is 11.8. The molecule has 1 aliphatic rings. The Balaban J connectivity index is 2.31. The third-order valence-electron chi connectivity index (χ3n) is 3.44. The van der Waals surface area contributed by atoms with Crippen LogP contribution in [0.2, 0.25) is 0 Å². The number of carbonyl (C=O) groups is 1. The number of aliphatic hydroxyl groups is 4. The average molecular weight is 340 g/mol. The normalized spacial score (nSPS) is 23.1. The van der Waals surface area contributed by atoms with E-state index in [-0.39, 0.29) is 6.61 Å². The molecule has 0 spiro atoms. The topological polar surface area (TPSA) is 126 Å². The SMILES string of the molecule is CC(CO)O[C@]1([C@@H](O)CO)OC(=O)C(O)=C1OCc1ccccc1. The Kier molecular flexibility index (Phi) is 5.79. The maximum absolute atomic E-state index is 11.8. The van der Waals surface area contributed by atoms with E-state index in [0.717, 1.165) is 5.56 Å². The molecule has 0 fully saturated rings. The predicted molar refractivity (Wildman–Crippen MR) is 80.4 cm³/mol. The number of cyclic esters (lactones) is 1. The largest absolute Gasteiger partial charge is 0.499 e. The highest BCUT2D eigenvalue weighted by Crippen LogP contribution is 2.38. The minimum Gasteiger partial charge on any atom is -0.499 e. The zero-order valence-electron chi connectivity index (χ0n) is 13.1. The summed E-state index contributed by atoms with van der Waals surface area (Å²) in [7, 11) is 0. The van der Waals surface area contributed by atoms with Crippen molar-refractivity contribution in [1.29, 1.82) is 0 Å². The molecule has 0 radical (unpaired) electrons. The second kappa shape index (κ2) is 7.63. The Morgan fingerprint density at radius 2 is 1.88 bits per heavy atom. The van der Waals surface area contributed by atoms with Crippen molar-refractivity contribution in [3.8, 4) is 0 Å². The molecule has 1 aromatic carbocycles. The van der Waals surface area contributed by atoms with E-state index in [1.165, 1.54) is 6.92 Å². The van der Waals surface area contributed by atoms with Gasteiger partial charge in [-0.05, 0) is 12.5 Å². The molecule has 0 saturated heterocycles. The van der Waals surface area contributed by atoms with E-state index in [9.17, 15) is 20.1 Å². The van der Waals surface area contributed by atoms with Gasteiger partial charge in [-0.25, -0.2) is 4.79 Å². The quantitative estimate of drug-likeness (QED) is 0.486. The van der Waals surface area contributed by atoms with Gasteiger partial charge in [-0.3, -0.25) is 0 Å². The Morgan fingerprint density at radius 1 is 1.21 bits per heavy atom. The molecule has 3 atom stereocenters. The standard InChI is InChI=1S/C16H20O8/c1-10(7-17)23-16(12(19)8-18)14(13(20)15(21)24-16)22-9-11-5-3-2-4-6-11/h2-6,10,12,17-20H,7-9H2,1H3/t10?,12-,16+/m0/s1. The summed E-state index contributed by atoms with van der Waals surface area (Å²) in [5, 5.41) is 38.5. The zero-order valence-corrected chi connectivity index (χ0v) is 13.1. The van der Waals surface area contributed by atoms with Gasteiger partial charge in [0, 0.05) is 0 Å². The first kappa shape index (κ1) is 18.2. The van der Waals surface area contributed by atoms with Crippen LogP contribution < -0.4 is 0 Å². The highest BCUT2D eigenvalue weighted by molar-refractivity contribution is 5.89. The van der Waals surface area contributed by atoms with Crippen molar-refractivity contribution < 1.29 is 39.4 Å². The minimum absolute atomic E-state index is 0.0341. The van der Waals surface area contributed by atoms with Gasteiger partial charge in [-0.1, -0.05) is 30.3 Å². The maximum Gasteiger partial charge on any atom is 0.380 e. The Hall–Kier alpha value is -2.13. The zero-order chi connectivity index (χ0) is 17.7. The van der Waals surface area contributed by atoms with Crippen molar-refractivity contribution in [2.45, 2.75) is 31.5 Å². The molecule has 0 saturated carbocycles. The second-order valence-corrected chi connectivity index (χ2v) is 5.32. The lowest BCUT2D eigenvalue weighted by molar-refractivity contribution is -0.277. The number of aliphatic hydroxyl groups excluding tert-OH is 4. The van der Waals surface area contributed by atoms with Crippen molar-refractivity contribution in [3.63, 3.8) is 0 Å². The highest BCUT2D eigenvalue weighted by atomic mass is 16.8. The summed E-state index contributed by atoms with van der Waals surface area (Å²) >= 11 is 0. The summed E-state index contributed by atoms with van der Waals surface area (Å²) in [6.07, 6.45) is -2.58. The van der Waals surface area contributed by atoms with E-state index in [2.05, 4.69) is 0 Å². The molecular formula is C16H20O8. The van der Waals surface area contributed by atoms with Crippen molar-refractivity contribution >= 4 is 5.97 Å². The summed E-state index contributed by atoms with van der Waals surface area (Å²) < 4.78 is 15.8. The molecular weight excluding hydrogens is 320 g/mol. The van der Waals surface area contributed by atoms with Crippen LogP contribution in [0.5, 0.6) is 0 Å². The fourth-order valence-corrected chi connectivity index (χ4v) is 2.22. The lowest BCUT2D eigenvalue weighted by Gasteiger charge is -2.34. The van der Waals surface area contributed by atoms with E-state index < -0.39 is 48.7 Å². The first-order chi connectivity index (χ1) is 11.4. The molecule has 0 amide bonds. The minimum atomic E-state index is -2.23. The molecule has 2 rings (SSSR count). The third-order valence-corrected chi connectivity index (χ3v) is 3.44. The molecule has 0 aliphatic carbocycles. The Labute approximate surface area is 138 Å². The lowest BCUT2D eigenvalue weighted by Crippen LogP contribution is -2.51. The number of benzene rings is 1. The molecule has 8 heteroatoms. The molecule has 4 N–H and O–H groups in total. The van der Waals surface area contributed by atoms with E-state index >= 15 is 0 Å². The Morgan fingerprint density at radius 3 is 2.46 bits per heavy atom. The summed E-state index contributed by atoms with van der Waals surface area (Å²) in [6.45, 7) is 0.165. The fourth-order valence-electron chi connectivity index (χ4n) is 2.22. The van der Waals surface area contributed by atoms with Crippen LogP contribution in [0.1, 0.15) is 12.5 Å². The van der Waals surface area contributed by atoms with Crippen LogP contribution in [0.25, 0.3) is 0 Å². The molecule has 24 heavy (non-hydrogen) atoms. The van der Waals surface area contributed by atoms with Crippen molar-refractivity contribution in [1.82, 2.24) is 0 Å². The van der Waals surface area contributed by atoms with E-state index in [1.807, 2.05) is 6.07 Å². The number of rotatable bonds is 8. The van der Waals surface area contributed by atoms with Gasteiger partial charge in [0.1, 0.15) is 6.61 Å². The second-order valence-electron chi connectivity index (χ2n) is 5.32. The van der Waals surface area contributed by atoms with Crippen molar-refractivity contribution in [2.24, 2.45) is 0 Å². The van der Waals surface area contributed by atoms with Gasteiger partial charge < -0.3 is 34.6 Å². The van der Waals surface area contributed by atoms with Crippen LogP contribution in [0, 0.1) is 0 Å². The number of esters is 1. The third kappa shape index (κ3) is 3.51. The number of ether oxygens (including phenoxy) is 3. The number of carbonyl (C=O) groups excluding carboxylic acids is 1. The summed E-state index contributed by atoms with van der Waals surface area (Å²) in [6, 6.07) is 8.90. The molecule has 1 aliphatic heterocycles. The predicted octanol–water partition coefficient (Wildman–Crippen LogP) is -0.0235. The van der Waals surface area contributed by atoms with Crippen LogP contribution in [-0.2, 0) is 25.6 Å². The van der Waals surface area contributed by atoms with Gasteiger partial charge in [0.25, 0.3) is 0 Å². The van der Waals surface area contributed by atoms with Crippen molar-refractivity contribution in [3.05, 3.63) is 47.4 Å². The highest BCUT2D eigenvalue weighted by Gasteiger charge is 2.57. The Bertz CT molecular complexity index is 599. The van der Waals surface area contributed by atoms with Gasteiger partial charge in [0.15, 0.2) is 6.10 Å². The number of hydrogen-bond donors (Lipinski definition) is 4. The number of hydrogen-bond acceptors (Lipinski definition) is 8. The van der Waals surface area contributed by atoms with E-state index in [1.54, 1.807) is 24.3 Å². The van der Waals surface area contributed by atoms with Crippen LogP contribution in [0.3, 0.4) is 0 Å². The van der Waals surface area contributed by atoms with Gasteiger partial charge in [0.2, 0.25) is 11.5 Å². The van der Waals surface area contributed by atoms with E-state index in [0.29, 0.717) is 0 Å². The fraction of sp³-hybridized carbons (Fsp3) is 0.438. The summed E-state index contributed by atoms with van der Waals surface area (Å²) in [5.41, 5.74) is 0.736. The van der Waals surface area contributed by atoms with Crippen LogP contribution in [-0.4, -0.2) is 57.6 Å². The molecule has 0 bridgehead atoms. The summed E-state index contributed by atoms with van der Waals surface area (Å²) in [4.78, 5) is 11.8. The van der Waals surface area contributed by atoms with Gasteiger partial charge in [-0.2, -0.15) is 0 Å². The van der Waals surface area contributed by atoms with Gasteiger partial charge in [0.05, 0.1) is 19.3 Å². The molecule has 132 valence electrons.